The van der Waals surface area contributed by atoms with Crippen molar-refractivity contribution in [2.45, 2.75) is 31.8 Å². The first-order valence-electron chi connectivity index (χ1n) is 11.6. The van der Waals surface area contributed by atoms with E-state index in [1.165, 1.54) is 18.2 Å². The van der Waals surface area contributed by atoms with Gasteiger partial charge in [-0.15, -0.1) is 10.2 Å². The van der Waals surface area contributed by atoms with Crippen molar-refractivity contribution < 1.29 is 9.72 Å². The normalized spacial score (nSPS) is 11.0. The van der Waals surface area contributed by atoms with Gasteiger partial charge in [-0.1, -0.05) is 78.6 Å². The average Bonchev–Trinajstić information content (AvgIpc) is 3.29. The Morgan fingerprint density at radius 2 is 1.66 bits per heavy atom. The maximum Gasteiger partial charge on any atom is 0.292 e. The van der Waals surface area contributed by atoms with Crippen LogP contribution in [-0.4, -0.2) is 31.3 Å². The highest BCUT2D eigenvalue weighted by atomic mass is 35.5. The van der Waals surface area contributed by atoms with Crippen molar-refractivity contribution in [2.75, 3.05) is 11.1 Å². The molecule has 0 saturated heterocycles. The summed E-state index contributed by atoms with van der Waals surface area (Å²) < 4.78 is 1.91. The molecule has 0 aliphatic carbocycles. The van der Waals surface area contributed by atoms with E-state index in [9.17, 15) is 14.9 Å². The zero-order chi connectivity index (χ0) is 27.4. The smallest absolute Gasteiger partial charge is 0.292 e. The minimum absolute atomic E-state index is 0.0211. The number of nitro groups is 1. The van der Waals surface area contributed by atoms with Gasteiger partial charge in [-0.2, -0.15) is 0 Å². The fourth-order valence-electron chi connectivity index (χ4n) is 4.00. The molecular formula is C26H22Cl3N5O3S. The molecule has 0 bridgehead atoms. The molecule has 1 aromatic heterocycles. The number of anilines is 1. The fourth-order valence-corrected chi connectivity index (χ4v) is 5.40. The third kappa shape index (κ3) is 5.96. The third-order valence-corrected chi connectivity index (χ3v) is 7.47. The van der Waals surface area contributed by atoms with E-state index in [0.717, 1.165) is 41.4 Å². The van der Waals surface area contributed by atoms with Gasteiger partial charge in [0.1, 0.15) is 5.69 Å². The summed E-state index contributed by atoms with van der Waals surface area (Å²) in [6, 6.07) is 15.2. The van der Waals surface area contributed by atoms with Crippen molar-refractivity contribution in [1.82, 2.24) is 14.8 Å². The summed E-state index contributed by atoms with van der Waals surface area (Å²) in [4.78, 5) is 23.6. The maximum absolute atomic E-state index is 12.8. The number of carbonyl (C=O) groups excluding carboxylic acids is 1. The Morgan fingerprint density at radius 3 is 2.29 bits per heavy atom. The Hall–Kier alpha value is -3.11. The molecule has 196 valence electrons. The Kier molecular flexibility index (Phi) is 8.94. The van der Waals surface area contributed by atoms with Crippen LogP contribution in [0.1, 0.15) is 25.0 Å². The number of aryl methyl sites for hydroxylation is 2. The second-order valence-corrected chi connectivity index (χ2v) is 10.4. The molecule has 1 heterocycles. The van der Waals surface area contributed by atoms with E-state index >= 15 is 0 Å². The number of halogens is 3. The largest absolute Gasteiger partial charge is 0.320 e. The van der Waals surface area contributed by atoms with Crippen molar-refractivity contribution in [2.24, 2.45) is 0 Å². The van der Waals surface area contributed by atoms with Crippen LogP contribution < -0.4 is 5.32 Å². The van der Waals surface area contributed by atoms with Crippen LogP contribution in [0.5, 0.6) is 0 Å². The number of nitro benzene ring substituents is 1. The van der Waals surface area contributed by atoms with Gasteiger partial charge in [0.05, 0.1) is 21.4 Å². The summed E-state index contributed by atoms with van der Waals surface area (Å²) in [6.45, 7) is 4.13. The van der Waals surface area contributed by atoms with Crippen LogP contribution in [0.3, 0.4) is 0 Å². The molecule has 0 spiro atoms. The summed E-state index contributed by atoms with van der Waals surface area (Å²) in [7, 11) is 0. The standard InChI is InChI=1S/C26H22Cl3N5O3S/c1-3-15-6-5-7-16(4-2)24(15)33-25(19-10-8-17(27)12-20(19)29)31-32-26(33)38-14-23(35)30-21-13-18(28)9-11-22(21)34(36)37/h5-13H,3-4,14H2,1-2H3,(H,30,35). The summed E-state index contributed by atoms with van der Waals surface area (Å²) >= 11 is 19.8. The van der Waals surface area contributed by atoms with Gasteiger partial charge in [-0.25, -0.2) is 0 Å². The lowest BCUT2D eigenvalue weighted by molar-refractivity contribution is -0.383. The SMILES string of the molecule is CCc1cccc(CC)c1-n1c(SCC(=O)Nc2cc(Cl)ccc2[N+](=O)[O-])nnc1-c1ccc(Cl)cc1Cl. The van der Waals surface area contributed by atoms with Crippen molar-refractivity contribution >= 4 is 63.8 Å². The number of aromatic nitrogens is 3. The van der Waals surface area contributed by atoms with Gasteiger partial charge in [-0.3, -0.25) is 19.5 Å². The summed E-state index contributed by atoms with van der Waals surface area (Å²) in [5.41, 5.74) is 3.50. The fraction of sp³-hybridized carbons (Fsp3) is 0.192. The first-order valence-corrected chi connectivity index (χ1v) is 13.7. The lowest BCUT2D eigenvalue weighted by Crippen LogP contribution is -2.16. The first-order chi connectivity index (χ1) is 18.2. The van der Waals surface area contributed by atoms with E-state index in [1.807, 2.05) is 22.8 Å². The molecular weight excluding hydrogens is 569 g/mol. The van der Waals surface area contributed by atoms with E-state index in [0.29, 0.717) is 26.6 Å². The van der Waals surface area contributed by atoms with E-state index < -0.39 is 10.8 Å². The number of carbonyl (C=O) groups is 1. The third-order valence-electron chi connectivity index (χ3n) is 5.76. The topological polar surface area (TPSA) is 103 Å². The number of thioether (sulfide) groups is 1. The number of nitrogens with zero attached hydrogens (tertiary/aromatic N) is 4. The Balaban J connectivity index is 1.74. The minimum Gasteiger partial charge on any atom is -0.320 e. The highest BCUT2D eigenvalue weighted by molar-refractivity contribution is 7.99. The molecule has 0 aliphatic rings. The Labute approximate surface area is 238 Å². The van der Waals surface area contributed by atoms with E-state index in [1.54, 1.807) is 18.2 Å². The van der Waals surface area contributed by atoms with E-state index in [4.69, 9.17) is 34.8 Å². The van der Waals surface area contributed by atoms with Gasteiger partial charge in [0.15, 0.2) is 11.0 Å². The first kappa shape index (κ1) is 27.9. The number of hydrogen-bond donors (Lipinski definition) is 1. The molecule has 0 unspecified atom stereocenters. The highest BCUT2D eigenvalue weighted by Crippen LogP contribution is 2.36. The van der Waals surface area contributed by atoms with Crippen molar-refractivity contribution in [3.05, 3.63) is 90.9 Å². The van der Waals surface area contributed by atoms with Crippen LogP contribution in [0.4, 0.5) is 11.4 Å². The highest BCUT2D eigenvalue weighted by Gasteiger charge is 2.23. The number of rotatable bonds is 9. The molecule has 38 heavy (non-hydrogen) atoms. The predicted octanol–water partition coefficient (Wildman–Crippen LogP) is 7.66. The van der Waals surface area contributed by atoms with Gasteiger partial charge in [0, 0.05) is 21.7 Å². The van der Waals surface area contributed by atoms with E-state index in [2.05, 4.69) is 29.4 Å². The monoisotopic (exact) mass is 589 g/mol. The second kappa shape index (κ2) is 12.2. The summed E-state index contributed by atoms with van der Waals surface area (Å²) in [5.74, 6) is -0.0255. The molecule has 8 nitrogen and oxygen atoms in total. The van der Waals surface area contributed by atoms with Gasteiger partial charge in [0.25, 0.3) is 5.69 Å². The van der Waals surface area contributed by atoms with Crippen molar-refractivity contribution in [3.63, 3.8) is 0 Å². The van der Waals surface area contributed by atoms with Crippen LogP contribution in [-0.2, 0) is 17.6 Å². The lowest BCUT2D eigenvalue weighted by Gasteiger charge is -2.18. The molecule has 0 fully saturated rings. The van der Waals surface area contributed by atoms with Crippen LogP contribution in [0.25, 0.3) is 17.1 Å². The average molecular weight is 591 g/mol. The van der Waals surface area contributed by atoms with Gasteiger partial charge >= 0.3 is 0 Å². The molecule has 0 aliphatic heterocycles. The molecule has 0 radical (unpaired) electrons. The molecule has 0 saturated carbocycles. The Bertz CT molecular complexity index is 1500. The van der Waals surface area contributed by atoms with Crippen LogP contribution >= 0.6 is 46.6 Å². The minimum atomic E-state index is -0.578. The van der Waals surface area contributed by atoms with Gasteiger partial charge in [-0.05, 0) is 54.3 Å². The molecule has 1 amide bonds. The molecule has 4 rings (SSSR count). The van der Waals surface area contributed by atoms with Crippen LogP contribution in [0.2, 0.25) is 15.1 Å². The zero-order valence-electron chi connectivity index (χ0n) is 20.4. The van der Waals surface area contributed by atoms with Gasteiger partial charge < -0.3 is 5.32 Å². The number of nitrogens with one attached hydrogen (secondary N) is 1. The van der Waals surface area contributed by atoms with Crippen molar-refractivity contribution in [3.8, 4) is 17.1 Å². The second-order valence-electron chi connectivity index (χ2n) is 8.15. The summed E-state index contributed by atoms with van der Waals surface area (Å²) in [6.07, 6.45) is 1.52. The quantitative estimate of drug-likeness (QED) is 0.122. The number of benzene rings is 3. The summed E-state index contributed by atoms with van der Waals surface area (Å²) in [5, 5.41) is 24.4. The zero-order valence-corrected chi connectivity index (χ0v) is 23.5. The molecule has 3 aromatic carbocycles. The number of amides is 1. The predicted molar refractivity (Wildman–Crippen MR) is 153 cm³/mol. The van der Waals surface area contributed by atoms with Crippen LogP contribution in [0.15, 0.2) is 59.8 Å². The van der Waals surface area contributed by atoms with Gasteiger partial charge in [0.2, 0.25) is 5.91 Å². The van der Waals surface area contributed by atoms with Crippen molar-refractivity contribution in [1.29, 1.82) is 0 Å². The molecule has 1 N–H and O–H groups in total. The van der Waals surface area contributed by atoms with E-state index in [-0.39, 0.29) is 22.2 Å². The molecule has 0 atom stereocenters. The maximum atomic E-state index is 12.8. The van der Waals surface area contributed by atoms with Crippen LogP contribution in [0, 0.1) is 10.1 Å². The molecule has 4 aromatic rings. The molecule has 12 heteroatoms. The Morgan fingerprint density at radius 1 is 1.00 bits per heavy atom. The number of hydrogen-bond acceptors (Lipinski definition) is 6. The lowest BCUT2D eigenvalue weighted by atomic mass is 10.0. The number of para-hydroxylation sites is 1.